The molecule has 0 aliphatic carbocycles. The fourth-order valence-electron chi connectivity index (χ4n) is 4.70. The quantitative estimate of drug-likeness (QED) is 0.262. The Hall–Kier alpha value is -3.96. The van der Waals surface area contributed by atoms with Gasteiger partial charge >= 0.3 is 0 Å². The van der Waals surface area contributed by atoms with E-state index >= 15 is 0 Å². The Bertz CT molecular complexity index is 1480. The van der Waals surface area contributed by atoms with Crippen molar-refractivity contribution in [1.29, 1.82) is 0 Å². The van der Waals surface area contributed by atoms with E-state index in [2.05, 4.69) is 169 Å². The van der Waals surface area contributed by atoms with Crippen LogP contribution < -0.4 is 35.9 Å². The maximum atomic E-state index is 2.24. The lowest BCUT2D eigenvalue weighted by atomic mass is 9.96. The molecule has 39 heavy (non-hydrogen) atoms. The molecule has 0 spiro atoms. The first kappa shape index (κ1) is 28.1. The zero-order valence-corrected chi connectivity index (χ0v) is 24.7. The first-order valence-corrected chi connectivity index (χ1v) is 13.1. The van der Waals surface area contributed by atoms with E-state index in [9.17, 15) is 0 Å². The van der Waals surface area contributed by atoms with Crippen LogP contribution in [0.25, 0.3) is 22.3 Å². The van der Waals surface area contributed by atoms with Gasteiger partial charge in [0.2, 0.25) is 0 Å². The highest BCUT2D eigenvalue weighted by Crippen LogP contribution is 2.27. The zero-order chi connectivity index (χ0) is 26.5. The first-order valence-electron chi connectivity index (χ1n) is 13.1. The van der Waals surface area contributed by atoms with E-state index in [1.54, 1.807) is 0 Å². The van der Waals surface area contributed by atoms with Crippen LogP contribution in [0.15, 0.2) is 122 Å². The van der Waals surface area contributed by atoms with Gasteiger partial charge in [0.25, 0.3) is 0 Å². The predicted octanol–water partition coefficient (Wildman–Crippen LogP) is 2.83. The third-order valence-electron chi connectivity index (χ3n) is 7.00. The van der Waals surface area contributed by atoms with Crippen molar-refractivity contribution in [2.45, 2.75) is 13.1 Å². The molecule has 5 heteroatoms. The van der Waals surface area contributed by atoms with Crippen molar-refractivity contribution in [3.63, 3.8) is 0 Å². The van der Waals surface area contributed by atoms with Crippen molar-refractivity contribution >= 4 is 11.4 Å². The molecule has 0 aliphatic rings. The molecule has 5 rings (SSSR count). The van der Waals surface area contributed by atoms with Gasteiger partial charge in [-0.25, -0.2) is 9.13 Å². The van der Waals surface area contributed by atoms with E-state index in [1.807, 2.05) is 0 Å². The van der Waals surface area contributed by atoms with Crippen molar-refractivity contribution < 1.29 is 26.1 Å². The highest BCUT2D eigenvalue weighted by atomic mass is 79.9. The number of anilines is 2. The van der Waals surface area contributed by atoms with Gasteiger partial charge in [0, 0.05) is 75.0 Å². The summed E-state index contributed by atoms with van der Waals surface area (Å²) in [5, 5.41) is 0. The second-order valence-corrected chi connectivity index (χ2v) is 10.2. The molecule has 0 aliphatic heterocycles. The fourth-order valence-corrected chi connectivity index (χ4v) is 4.70. The lowest BCUT2D eigenvalue weighted by molar-refractivity contribution is -0.688. The van der Waals surface area contributed by atoms with Crippen LogP contribution in [0.5, 0.6) is 0 Å². The number of pyridine rings is 2. The Balaban J connectivity index is 0.00000353. The van der Waals surface area contributed by atoms with Crippen LogP contribution in [0.4, 0.5) is 11.4 Å². The molecule has 4 nitrogen and oxygen atoms in total. The molecule has 0 saturated heterocycles. The predicted molar refractivity (Wildman–Crippen MR) is 157 cm³/mol. The Kier molecular flexibility index (Phi) is 9.15. The SMILES string of the molecule is CN(C)c1cc[n+](Cc2ccc(-c3ccc(-c4ccccc4C[n+]4ccc(N(C)C)cc4)cc3)cc2)cc1.[Br-]. The van der Waals surface area contributed by atoms with E-state index in [1.165, 1.54) is 44.8 Å². The molecule has 0 saturated carbocycles. The minimum atomic E-state index is 0. The molecule has 2 aromatic heterocycles. The number of nitrogens with zero attached hydrogens (tertiary/aromatic N) is 4. The van der Waals surface area contributed by atoms with E-state index in [-0.39, 0.29) is 17.0 Å². The van der Waals surface area contributed by atoms with Gasteiger partial charge in [0.15, 0.2) is 37.9 Å². The number of rotatable bonds is 8. The topological polar surface area (TPSA) is 14.2 Å². The van der Waals surface area contributed by atoms with Gasteiger partial charge in [0.05, 0.1) is 0 Å². The summed E-state index contributed by atoms with van der Waals surface area (Å²) in [6, 6.07) is 35.1. The van der Waals surface area contributed by atoms with Crippen molar-refractivity contribution in [2.75, 3.05) is 38.0 Å². The van der Waals surface area contributed by atoms with E-state index in [0.717, 1.165) is 13.1 Å². The number of halogens is 1. The number of hydrogen-bond acceptors (Lipinski definition) is 2. The highest BCUT2D eigenvalue weighted by molar-refractivity contribution is 5.72. The largest absolute Gasteiger partial charge is 1.00 e. The van der Waals surface area contributed by atoms with E-state index < -0.39 is 0 Å². The Morgan fingerprint density at radius 1 is 0.487 bits per heavy atom. The normalized spacial score (nSPS) is 10.6. The van der Waals surface area contributed by atoms with Crippen molar-refractivity contribution in [3.8, 4) is 22.3 Å². The molecule has 0 radical (unpaired) electrons. The van der Waals surface area contributed by atoms with Crippen LogP contribution in [0.2, 0.25) is 0 Å². The minimum Gasteiger partial charge on any atom is -1.00 e. The average molecular weight is 581 g/mol. The summed E-state index contributed by atoms with van der Waals surface area (Å²) in [5.41, 5.74) is 9.99. The molecular formula is C34H36BrN4+. The van der Waals surface area contributed by atoms with Crippen LogP contribution in [0.3, 0.4) is 0 Å². The summed E-state index contributed by atoms with van der Waals surface area (Å²) >= 11 is 0. The van der Waals surface area contributed by atoms with E-state index in [0.29, 0.717) is 0 Å². The summed E-state index contributed by atoms with van der Waals surface area (Å²) in [4.78, 5) is 4.24. The third kappa shape index (κ3) is 6.92. The summed E-state index contributed by atoms with van der Waals surface area (Å²) < 4.78 is 4.44. The summed E-state index contributed by atoms with van der Waals surface area (Å²) in [6.07, 6.45) is 8.57. The smallest absolute Gasteiger partial charge is 0.174 e. The number of hydrogen-bond donors (Lipinski definition) is 0. The molecule has 2 heterocycles. The Labute approximate surface area is 243 Å². The monoisotopic (exact) mass is 579 g/mol. The molecule has 0 bridgehead atoms. The van der Waals surface area contributed by atoms with Gasteiger partial charge in [-0.3, -0.25) is 0 Å². The first-order chi connectivity index (χ1) is 18.5. The summed E-state index contributed by atoms with van der Waals surface area (Å²) in [5.74, 6) is 0. The molecule has 0 fully saturated rings. The van der Waals surface area contributed by atoms with Crippen molar-refractivity contribution in [3.05, 3.63) is 133 Å². The van der Waals surface area contributed by atoms with Gasteiger partial charge in [-0.15, -0.1) is 0 Å². The maximum absolute atomic E-state index is 2.24. The third-order valence-corrected chi connectivity index (χ3v) is 7.00. The molecule has 5 aromatic rings. The van der Waals surface area contributed by atoms with Crippen LogP contribution in [-0.2, 0) is 13.1 Å². The second-order valence-electron chi connectivity index (χ2n) is 10.2. The zero-order valence-electron chi connectivity index (χ0n) is 23.1. The molecule has 198 valence electrons. The van der Waals surface area contributed by atoms with Gasteiger partial charge < -0.3 is 26.8 Å². The van der Waals surface area contributed by atoms with Gasteiger partial charge in [-0.2, -0.15) is 0 Å². The molecule has 0 amide bonds. The number of aromatic nitrogens is 2. The van der Waals surface area contributed by atoms with Crippen molar-refractivity contribution in [1.82, 2.24) is 0 Å². The lowest BCUT2D eigenvalue weighted by Gasteiger charge is -2.12. The van der Waals surface area contributed by atoms with Gasteiger partial charge in [0.1, 0.15) is 0 Å². The molecule has 0 N–H and O–H groups in total. The number of benzene rings is 3. The van der Waals surface area contributed by atoms with Crippen LogP contribution >= 0.6 is 0 Å². The van der Waals surface area contributed by atoms with Gasteiger partial charge in [-0.05, 0) is 22.3 Å². The molecule has 0 unspecified atom stereocenters. The molecular weight excluding hydrogens is 544 g/mol. The van der Waals surface area contributed by atoms with Crippen LogP contribution in [0.1, 0.15) is 11.1 Å². The Morgan fingerprint density at radius 3 is 1.44 bits per heavy atom. The fraction of sp³-hybridized carbons (Fsp3) is 0.176. The van der Waals surface area contributed by atoms with Gasteiger partial charge in [-0.1, -0.05) is 72.8 Å². The maximum Gasteiger partial charge on any atom is 0.174 e. The summed E-state index contributed by atoms with van der Waals surface area (Å²) in [6.45, 7) is 1.70. The molecule has 0 atom stereocenters. The average Bonchev–Trinajstić information content (AvgIpc) is 2.94. The second kappa shape index (κ2) is 12.7. The van der Waals surface area contributed by atoms with Crippen molar-refractivity contribution in [2.24, 2.45) is 0 Å². The van der Waals surface area contributed by atoms with E-state index in [4.69, 9.17) is 0 Å². The molecule has 3 aromatic carbocycles. The lowest BCUT2D eigenvalue weighted by Crippen LogP contribution is -3.00. The Morgan fingerprint density at radius 2 is 0.923 bits per heavy atom. The minimum absolute atomic E-state index is 0. The summed E-state index contributed by atoms with van der Waals surface area (Å²) in [7, 11) is 8.26. The van der Waals surface area contributed by atoms with Crippen LogP contribution in [-0.4, -0.2) is 28.2 Å². The standard InChI is InChI=1S/C34H36N4.BrH/c1-35(2)32-17-21-37(22-18-32)25-27-9-11-28(12-10-27)29-13-15-30(16-14-29)34-8-6-5-7-31(34)26-38-23-19-33(20-24-38)36(3)4;/h5-24H,25-26H2,1-4H3;1H/q+2;/p-1. The van der Waals surface area contributed by atoms with Crippen LogP contribution in [0, 0.1) is 0 Å². The highest BCUT2D eigenvalue weighted by Gasteiger charge is 2.11.